The molecule has 0 saturated carbocycles. The Kier molecular flexibility index (Phi) is 7.37. The van der Waals surface area contributed by atoms with E-state index in [0.717, 1.165) is 16.7 Å². The zero-order chi connectivity index (χ0) is 28.6. The molecule has 1 fully saturated rings. The number of aliphatic hydroxyl groups is 1. The van der Waals surface area contributed by atoms with Gasteiger partial charge in [0.2, 0.25) is 5.91 Å². The smallest absolute Gasteiger partial charge is 0.300 e. The van der Waals surface area contributed by atoms with Gasteiger partial charge in [-0.25, -0.2) is 0 Å². The Hall–Kier alpha value is -4.39. The van der Waals surface area contributed by atoms with Crippen LogP contribution in [0.1, 0.15) is 61.6 Å². The topological polar surface area (TPSA) is 95.9 Å². The van der Waals surface area contributed by atoms with Gasteiger partial charge in [0.15, 0.2) is 0 Å². The summed E-state index contributed by atoms with van der Waals surface area (Å²) in [5, 5.41) is 14.4. The number of carbonyl (C=O) groups is 3. The quantitative estimate of drug-likeness (QED) is 0.235. The SMILES string of the molecule is COc1c(C)cc(C)cc1/C(O)=C1\C(=O)C(=O)N(c2cccc(NC(C)=O)c2)C1c1ccc(C(C)(C)C)cc1. The molecular formula is C32H34N2O5. The van der Waals surface area contributed by atoms with Gasteiger partial charge in [-0.05, 0) is 65.8 Å². The maximum absolute atomic E-state index is 13.6. The molecule has 1 atom stereocenters. The van der Waals surface area contributed by atoms with Gasteiger partial charge in [-0.15, -0.1) is 0 Å². The molecule has 202 valence electrons. The summed E-state index contributed by atoms with van der Waals surface area (Å²) in [7, 11) is 1.50. The predicted molar refractivity (Wildman–Crippen MR) is 153 cm³/mol. The van der Waals surface area contributed by atoms with E-state index in [1.54, 1.807) is 30.3 Å². The molecule has 1 unspecified atom stereocenters. The van der Waals surface area contributed by atoms with Gasteiger partial charge in [-0.3, -0.25) is 19.3 Å². The fourth-order valence-corrected chi connectivity index (χ4v) is 5.06. The highest BCUT2D eigenvalue weighted by atomic mass is 16.5. The molecule has 1 saturated heterocycles. The summed E-state index contributed by atoms with van der Waals surface area (Å²) in [6.07, 6.45) is 0. The van der Waals surface area contributed by atoms with Crippen LogP contribution in [0.5, 0.6) is 5.75 Å². The van der Waals surface area contributed by atoms with Crippen molar-refractivity contribution in [1.82, 2.24) is 0 Å². The molecule has 39 heavy (non-hydrogen) atoms. The van der Waals surface area contributed by atoms with Gasteiger partial charge in [-0.1, -0.05) is 57.2 Å². The number of aryl methyl sites for hydroxylation is 2. The fraction of sp³-hybridized carbons (Fsp3) is 0.281. The molecule has 4 rings (SSSR count). The van der Waals surface area contributed by atoms with Crippen LogP contribution in [0.15, 0.2) is 66.2 Å². The Morgan fingerprint density at radius 1 is 1.00 bits per heavy atom. The average Bonchev–Trinajstić information content (AvgIpc) is 3.12. The van der Waals surface area contributed by atoms with Crippen molar-refractivity contribution in [3.8, 4) is 5.75 Å². The lowest BCUT2D eigenvalue weighted by Gasteiger charge is -2.27. The van der Waals surface area contributed by atoms with Crippen molar-refractivity contribution in [2.45, 2.75) is 53.0 Å². The highest BCUT2D eigenvalue weighted by Gasteiger charge is 2.47. The fourth-order valence-electron chi connectivity index (χ4n) is 5.06. The van der Waals surface area contributed by atoms with Crippen LogP contribution in [-0.4, -0.2) is 29.8 Å². The molecule has 7 heteroatoms. The normalized spacial score (nSPS) is 16.9. The molecule has 7 nitrogen and oxygen atoms in total. The van der Waals surface area contributed by atoms with Gasteiger partial charge >= 0.3 is 0 Å². The van der Waals surface area contributed by atoms with Crippen LogP contribution in [0.4, 0.5) is 11.4 Å². The van der Waals surface area contributed by atoms with Crippen LogP contribution in [0.25, 0.3) is 5.76 Å². The first-order valence-corrected chi connectivity index (χ1v) is 12.8. The minimum atomic E-state index is -0.905. The minimum Gasteiger partial charge on any atom is -0.507 e. The van der Waals surface area contributed by atoms with Crippen molar-refractivity contribution >= 4 is 34.7 Å². The summed E-state index contributed by atoms with van der Waals surface area (Å²) >= 11 is 0. The number of methoxy groups -OCH3 is 1. The van der Waals surface area contributed by atoms with E-state index in [1.165, 1.54) is 18.9 Å². The van der Waals surface area contributed by atoms with Crippen molar-refractivity contribution in [2.75, 3.05) is 17.3 Å². The summed E-state index contributed by atoms with van der Waals surface area (Å²) in [6, 6.07) is 17.2. The second-order valence-electron chi connectivity index (χ2n) is 10.9. The highest BCUT2D eigenvalue weighted by Crippen LogP contribution is 2.44. The van der Waals surface area contributed by atoms with E-state index in [4.69, 9.17) is 4.74 Å². The first-order chi connectivity index (χ1) is 18.3. The number of nitrogens with zero attached hydrogens (tertiary/aromatic N) is 1. The van der Waals surface area contributed by atoms with E-state index in [0.29, 0.717) is 28.3 Å². The van der Waals surface area contributed by atoms with E-state index in [-0.39, 0.29) is 22.7 Å². The van der Waals surface area contributed by atoms with Crippen molar-refractivity contribution in [3.63, 3.8) is 0 Å². The minimum absolute atomic E-state index is 0.0308. The van der Waals surface area contributed by atoms with Crippen LogP contribution >= 0.6 is 0 Å². The lowest BCUT2D eigenvalue weighted by Crippen LogP contribution is -2.29. The number of ether oxygens (including phenoxy) is 1. The number of rotatable bonds is 5. The number of hydrogen-bond donors (Lipinski definition) is 2. The number of nitrogens with one attached hydrogen (secondary N) is 1. The maximum Gasteiger partial charge on any atom is 0.300 e. The van der Waals surface area contributed by atoms with Crippen LogP contribution in [0, 0.1) is 13.8 Å². The third-order valence-electron chi connectivity index (χ3n) is 6.86. The molecular weight excluding hydrogens is 492 g/mol. The van der Waals surface area contributed by atoms with Crippen molar-refractivity contribution in [1.29, 1.82) is 0 Å². The number of amides is 2. The second-order valence-corrected chi connectivity index (χ2v) is 10.9. The summed E-state index contributed by atoms with van der Waals surface area (Å²) in [5.41, 5.74) is 4.54. The van der Waals surface area contributed by atoms with Gasteiger partial charge in [0, 0.05) is 18.3 Å². The monoisotopic (exact) mass is 526 g/mol. The first kappa shape index (κ1) is 27.6. The Balaban J connectivity index is 1.98. The average molecular weight is 527 g/mol. The van der Waals surface area contributed by atoms with E-state index in [2.05, 4.69) is 26.1 Å². The van der Waals surface area contributed by atoms with Crippen LogP contribution in [0.2, 0.25) is 0 Å². The largest absolute Gasteiger partial charge is 0.507 e. The Bertz CT molecular complexity index is 1500. The summed E-state index contributed by atoms with van der Waals surface area (Å²) in [6.45, 7) is 11.5. The molecule has 1 heterocycles. The van der Waals surface area contributed by atoms with Gasteiger partial charge in [0.1, 0.15) is 11.5 Å². The Labute approximate surface area is 229 Å². The first-order valence-electron chi connectivity index (χ1n) is 12.8. The van der Waals surface area contributed by atoms with E-state index >= 15 is 0 Å². The molecule has 1 aliphatic heterocycles. The van der Waals surface area contributed by atoms with Crippen molar-refractivity contribution < 1.29 is 24.2 Å². The standard InChI is InChI=1S/C32H34N2O5/c1-18-15-19(2)30(39-7)25(16-18)28(36)26-27(21-11-13-22(14-12-21)32(4,5)6)34(31(38)29(26)37)24-10-8-9-23(17-24)33-20(3)35/h8-17,27,36H,1-7H3,(H,33,35)/b28-26+. The third kappa shape index (κ3) is 5.30. The van der Waals surface area contributed by atoms with Crippen LogP contribution in [-0.2, 0) is 19.8 Å². The molecule has 0 aliphatic carbocycles. The molecule has 0 spiro atoms. The number of anilines is 2. The zero-order valence-electron chi connectivity index (χ0n) is 23.4. The number of Topliss-reactive ketones (excluding diaryl/α,β-unsaturated/α-hetero) is 1. The molecule has 0 aromatic heterocycles. The lowest BCUT2D eigenvalue weighted by molar-refractivity contribution is -0.132. The number of ketones is 1. The van der Waals surface area contributed by atoms with Crippen LogP contribution in [0.3, 0.4) is 0 Å². The third-order valence-corrected chi connectivity index (χ3v) is 6.86. The summed E-state index contributed by atoms with van der Waals surface area (Å²) in [4.78, 5) is 40.3. The van der Waals surface area contributed by atoms with Gasteiger partial charge < -0.3 is 15.2 Å². The predicted octanol–water partition coefficient (Wildman–Crippen LogP) is 6.19. The number of benzene rings is 3. The van der Waals surface area contributed by atoms with Crippen molar-refractivity contribution in [2.24, 2.45) is 0 Å². The summed E-state index contributed by atoms with van der Waals surface area (Å²) in [5.74, 6) is -1.71. The molecule has 2 amide bonds. The molecule has 0 radical (unpaired) electrons. The van der Waals surface area contributed by atoms with Gasteiger partial charge in [-0.2, -0.15) is 0 Å². The molecule has 1 aliphatic rings. The maximum atomic E-state index is 13.6. The van der Waals surface area contributed by atoms with E-state index < -0.39 is 17.7 Å². The summed E-state index contributed by atoms with van der Waals surface area (Å²) < 4.78 is 5.59. The Morgan fingerprint density at radius 3 is 2.26 bits per heavy atom. The van der Waals surface area contributed by atoms with Gasteiger partial charge in [0.25, 0.3) is 11.7 Å². The zero-order valence-corrected chi connectivity index (χ0v) is 23.4. The number of carbonyl (C=O) groups excluding carboxylic acids is 3. The van der Waals surface area contributed by atoms with Crippen molar-refractivity contribution in [3.05, 3.63) is 94.1 Å². The number of hydrogen-bond acceptors (Lipinski definition) is 5. The lowest BCUT2D eigenvalue weighted by atomic mass is 9.85. The van der Waals surface area contributed by atoms with Crippen LogP contribution < -0.4 is 15.0 Å². The number of aliphatic hydroxyl groups excluding tert-OH is 1. The van der Waals surface area contributed by atoms with Gasteiger partial charge in [0.05, 0.1) is 24.3 Å². The van der Waals surface area contributed by atoms with E-state index in [9.17, 15) is 19.5 Å². The van der Waals surface area contributed by atoms with E-state index in [1.807, 2.05) is 44.2 Å². The second kappa shape index (κ2) is 10.4. The molecule has 0 bridgehead atoms. The molecule has 3 aromatic carbocycles. The molecule has 3 aromatic rings. The molecule has 2 N–H and O–H groups in total. The highest BCUT2D eigenvalue weighted by molar-refractivity contribution is 6.51. The Morgan fingerprint density at radius 2 is 1.67 bits per heavy atom.